The van der Waals surface area contributed by atoms with E-state index in [0.29, 0.717) is 12.0 Å². The summed E-state index contributed by atoms with van der Waals surface area (Å²) >= 11 is 0. The van der Waals surface area contributed by atoms with Gasteiger partial charge in [0.25, 0.3) is 0 Å². The number of rotatable bonds is 6. The molecule has 1 N–H and O–H groups in total. The normalized spacial score (nSPS) is 16.4. The average Bonchev–Trinajstić information content (AvgIpc) is 2.75. The number of nitrogens with zero attached hydrogens (tertiary/aromatic N) is 4. The Morgan fingerprint density at radius 3 is 2.54 bits per heavy atom. The summed E-state index contributed by atoms with van der Waals surface area (Å²) in [6.07, 6.45) is 3.54. The predicted molar refractivity (Wildman–Crippen MR) is 112 cm³/mol. The number of hydrogen-bond acceptors (Lipinski definition) is 6. The van der Waals surface area contributed by atoms with Crippen molar-refractivity contribution in [3.05, 3.63) is 48.8 Å². The molecular weight excluding hydrogens is 350 g/mol. The van der Waals surface area contributed by atoms with Gasteiger partial charge in [0.15, 0.2) is 5.82 Å². The molecule has 0 amide bonds. The molecule has 0 aliphatic carbocycles. The van der Waals surface area contributed by atoms with Crippen LogP contribution in [0.25, 0.3) is 22.3 Å². The molecule has 1 fully saturated rings. The van der Waals surface area contributed by atoms with E-state index in [-0.39, 0.29) is 0 Å². The second-order valence-electron chi connectivity index (χ2n) is 7.49. The number of aromatic nitrogens is 3. The van der Waals surface area contributed by atoms with Crippen LogP contribution in [0.15, 0.2) is 48.8 Å². The maximum atomic E-state index is 5.53. The molecule has 0 bridgehead atoms. The molecule has 1 unspecified atom stereocenters. The van der Waals surface area contributed by atoms with Gasteiger partial charge in [0.2, 0.25) is 0 Å². The van der Waals surface area contributed by atoms with Crippen molar-refractivity contribution < 1.29 is 4.74 Å². The third-order valence-corrected chi connectivity index (χ3v) is 5.30. The lowest BCUT2D eigenvalue weighted by Crippen LogP contribution is -2.49. The van der Waals surface area contributed by atoms with Crippen LogP contribution in [0.3, 0.4) is 0 Å². The van der Waals surface area contributed by atoms with E-state index in [0.717, 1.165) is 61.0 Å². The van der Waals surface area contributed by atoms with Crippen LogP contribution in [0, 0.1) is 5.92 Å². The number of hydrogen-bond donors (Lipinski definition) is 1. The van der Waals surface area contributed by atoms with Gasteiger partial charge in [-0.05, 0) is 30.2 Å². The SMILES string of the molecule is CC(C)C(CNc1nc(-c2ccncc2)nc2ccccc12)N1CCOCC1. The summed E-state index contributed by atoms with van der Waals surface area (Å²) in [5.74, 6) is 2.14. The van der Waals surface area contributed by atoms with Gasteiger partial charge in [-0.2, -0.15) is 0 Å². The van der Waals surface area contributed by atoms with Crippen molar-refractivity contribution in [2.75, 3.05) is 38.2 Å². The fourth-order valence-corrected chi connectivity index (χ4v) is 3.74. The van der Waals surface area contributed by atoms with E-state index in [9.17, 15) is 0 Å². The Morgan fingerprint density at radius 2 is 1.79 bits per heavy atom. The Balaban J connectivity index is 1.63. The average molecular weight is 377 g/mol. The van der Waals surface area contributed by atoms with Gasteiger partial charge in [-0.3, -0.25) is 9.88 Å². The molecule has 0 saturated carbocycles. The molecule has 1 saturated heterocycles. The highest BCUT2D eigenvalue weighted by molar-refractivity contribution is 5.90. The minimum atomic E-state index is 0.432. The number of benzene rings is 1. The molecule has 1 aliphatic heterocycles. The molecule has 1 aliphatic rings. The van der Waals surface area contributed by atoms with Crippen LogP contribution >= 0.6 is 0 Å². The fourth-order valence-electron chi connectivity index (χ4n) is 3.74. The Kier molecular flexibility index (Phi) is 5.78. The largest absolute Gasteiger partial charge is 0.379 e. The molecule has 0 radical (unpaired) electrons. The zero-order chi connectivity index (χ0) is 19.3. The van der Waals surface area contributed by atoms with Crippen LogP contribution in [0.1, 0.15) is 13.8 Å². The molecule has 28 heavy (non-hydrogen) atoms. The monoisotopic (exact) mass is 377 g/mol. The molecular formula is C22H27N5O. The Labute approximate surface area is 166 Å². The van der Waals surface area contributed by atoms with Crippen LogP contribution in [-0.2, 0) is 4.74 Å². The first-order valence-corrected chi connectivity index (χ1v) is 9.95. The van der Waals surface area contributed by atoms with E-state index in [1.165, 1.54) is 0 Å². The third kappa shape index (κ3) is 4.13. The number of morpholine rings is 1. The fraction of sp³-hybridized carbons (Fsp3) is 0.409. The second-order valence-corrected chi connectivity index (χ2v) is 7.49. The molecule has 1 atom stereocenters. The van der Waals surface area contributed by atoms with Crippen LogP contribution in [-0.4, -0.2) is 58.7 Å². The van der Waals surface area contributed by atoms with E-state index < -0.39 is 0 Å². The van der Waals surface area contributed by atoms with E-state index in [1.54, 1.807) is 12.4 Å². The number of ether oxygens (including phenoxy) is 1. The van der Waals surface area contributed by atoms with Gasteiger partial charge < -0.3 is 10.1 Å². The molecule has 3 aromatic rings. The summed E-state index contributed by atoms with van der Waals surface area (Å²) in [6, 6.07) is 12.5. The molecule has 3 heterocycles. The first-order valence-electron chi connectivity index (χ1n) is 9.95. The second kappa shape index (κ2) is 8.63. The standard InChI is InChI=1S/C22H27N5O/c1-16(2)20(27-11-13-28-14-12-27)15-24-22-18-5-3-4-6-19(18)25-21(26-22)17-7-9-23-10-8-17/h3-10,16,20H,11-15H2,1-2H3,(H,24,25,26). The number of fused-ring (bicyclic) bond motifs is 1. The summed E-state index contributed by atoms with van der Waals surface area (Å²) in [6.45, 7) is 8.99. The van der Waals surface area contributed by atoms with Gasteiger partial charge in [-0.15, -0.1) is 0 Å². The topological polar surface area (TPSA) is 63.2 Å². The predicted octanol–water partition coefficient (Wildman–Crippen LogP) is 3.46. The highest BCUT2D eigenvalue weighted by Gasteiger charge is 2.24. The van der Waals surface area contributed by atoms with Crippen LogP contribution in [0.5, 0.6) is 0 Å². The highest BCUT2D eigenvalue weighted by Crippen LogP contribution is 2.25. The Morgan fingerprint density at radius 1 is 1.04 bits per heavy atom. The summed E-state index contributed by atoms with van der Waals surface area (Å²) < 4.78 is 5.53. The lowest BCUT2D eigenvalue weighted by atomic mass is 10.0. The van der Waals surface area contributed by atoms with Crippen LogP contribution in [0.2, 0.25) is 0 Å². The number of nitrogens with one attached hydrogen (secondary N) is 1. The molecule has 0 spiro atoms. The Hall–Kier alpha value is -2.57. The van der Waals surface area contributed by atoms with Crippen LogP contribution < -0.4 is 5.32 Å². The van der Waals surface area contributed by atoms with Crippen molar-refractivity contribution in [3.8, 4) is 11.4 Å². The zero-order valence-electron chi connectivity index (χ0n) is 16.5. The summed E-state index contributed by atoms with van der Waals surface area (Å²) in [5, 5.41) is 4.67. The lowest BCUT2D eigenvalue weighted by molar-refractivity contribution is 0.00954. The third-order valence-electron chi connectivity index (χ3n) is 5.30. The van der Waals surface area contributed by atoms with Gasteiger partial charge in [0.05, 0.1) is 18.7 Å². The van der Waals surface area contributed by atoms with Crippen molar-refractivity contribution in [2.45, 2.75) is 19.9 Å². The van der Waals surface area contributed by atoms with Gasteiger partial charge in [0.1, 0.15) is 5.82 Å². The molecule has 146 valence electrons. The van der Waals surface area contributed by atoms with E-state index in [1.807, 2.05) is 30.3 Å². The quantitative estimate of drug-likeness (QED) is 0.710. The molecule has 6 heteroatoms. The van der Waals surface area contributed by atoms with Gasteiger partial charge in [0, 0.05) is 49.0 Å². The first kappa shape index (κ1) is 18.8. The molecule has 2 aromatic heterocycles. The zero-order valence-corrected chi connectivity index (χ0v) is 16.5. The number of anilines is 1. The van der Waals surface area contributed by atoms with Gasteiger partial charge >= 0.3 is 0 Å². The van der Waals surface area contributed by atoms with Crippen LogP contribution in [0.4, 0.5) is 5.82 Å². The molecule has 4 rings (SSSR count). The number of para-hydroxylation sites is 1. The Bertz CT molecular complexity index is 909. The number of pyridine rings is 1. The van der Waals surface area contributed by atoms with Gasteiger partial charge in [-0.25, -0.2) is 9.97 Å². The highest BCUT2D eigenvalue weighted by atomic mass is 16.5. The molecule has 1 aromatic carbocycles. The van der Waals surface area contributed by atoms with Gasteiger partial charge in [-0.1, -0.05) is 26.0 Å². The van der Waals surface area contributed by atoms with E-state index in [2.05, 4.69) is 35.1 Å². The first-order chi connectivity index (χ1) is 13.7. The summed E-state index contributed by atoms with van der Waals surface area (Å²) in [5.41, 5.74) is 1.91. The minimum Gasteiger partial charge on any atom is -0.379 e. The lowest BCUT2D eigenvalue weighted by Gasteiger charge is -2.37. The maximum Gasteiger partial charge on any atom is 0.162 e. The molecule has 6 nitrogen and oxygen atoms in total. The summed E-state index contributed by atoms with van der Waals surface area (Å²) in [7, 11) is 0. The minimum absolute atomic E-state index is 0.432. The maximum absolute atomic E-state index is 5.53. The van der Waals surface area contributed by atoms with Crippen molar-refractivity contribution in [1.29, 1.82) is 0 Å². The van der Waals surface area contributed by atoms with E-state index in [4.69, 9.17) is 14.7 Å². The van der Waals surface area contributed by atoms with Crippen molar-refractivity contribution in [1.82, 2.24) is 19.9 Å². The van der Waals surface area contributed by atoms with Crippen molar-refractivity contribution in [2.24, 2.45) is 5.92 Å². The van der Waals surface area contributed by atoms with Crippen molar-refractivity contribution in [3.63, 3.8) is 0 Å². The smallest absolute Gasteiger partial charge is 0.162 e. The van der Waals surface area contributed by atoms with Crippen molar-refractivity contribution >= 4 is 16.7 Å². The summed E-state index contributed by atoms with van der Waals surface area (Å²) in [4.78, 5) is 16.2. The van der Waals surface area contributed by atoms with E-state index >= 15 is 0 Å².